The van der Waals surface area contributed by atoms with Gasteiger partial charge >= 0.3 is 0 Å². The number of anilines is 1. The molecule has 0 unspecified atom stereocenters. The molecule has 0 bridgehead atoms. The quantitative estimate of drug-likeness (QED) is 0.812. The van der Waals surface area contributed by atoms with E-state index in [1.165, 1.54) is 22.9 Å². The minimum Gasteiger partial charge on any atom is -0.380 e. The zero-order valence-corrected chi connectivity index (χ0v) is 13.8. The van der Waals surface area contributed by atoms with E-state index in [0.717, 1.165) is 5.69 Å². The minimum atomic E-state index is -1.24. The molecule has 0 radical (unpaired) electrons. The van der Waals surface area contributed by atoms with Gasteiger partial charge in [0.25, 0.3) is 0 Å². The van der Waals surface area contributed by atoms with E-state index in [0.29, 0.717) is 11.6 Å². The highest BCUT2D eigenvalue weighted by molar-refractivity contribution is 6.88. The summed E-state index contributed by atoms with van der Waals surface area (Å²) in [5.74, 6) is -0.319. The summed E-state index contributed by atoms with van der Waals surface area (Å²) >= 11 is 5.98. The second-order valence-electron chi connectivity index (χ2n) is 5.92. The molecule has 0 saturated heterocycles. The van der Waals surface area contributed by atoms with Crippen LogP contribution in [0.3, 0.4) is 0 Å². The zero-order valence-electron chi connectivity index (χ0n) is 12.0. The Bertz CT molecular complexity index is 590. The van der Waals surface area contributed by atoms with Crippen LogP contribution in [0.1, 0.15) is 5.56 Å². The number of hydrogen-bond donors (Lipinski definition) is 1. The Hall–Kier alpha value is -1.32. The number of rotatable bonds is 4. The molecule has 0 aliphatic rings. The maximum Gasteiger partial charge on any atom is 0.124 e. The highest BCUT2D eigenvalue weighted by atomic mass is 35.5. The van der Waals surface area contributed by atoms with E-state index in [2.05, 4.69) is 49.2 Å². The van der Waals surface area contributed by atoms with Crippen LogP contribution in [0.2, 0.25) is 24.7 Å². The molecule has 4 heteroatoms. The van der Waals surface area contributed by atoms with Gasteiger partial charge in [-0.2, -0.15) is 0 Å². The van der Waals surface area contributed by atoms with E-state index in [9.17, 15) is 4.39 Å². The van der Waals surface area contributed by atoms with Crippen LogP contribution in [0.25, 0.3) is 0 Å². The minimum absolute atomic E-state index is 0.319. The molecule has 0 amide bonds. The van der Waals surface area contributed by atoms with Crippen LogP contribution in [0.15, 0.2) is 42.5 Å². The molecule has 0 aliphatic heterocycles. The molecule has 106 valence electrons. The molecule has 20 heavy (non-hydrogen) atoms. The molecule has 0 aromatic heterocycles. The van der Waals surface area contributed by atoms with Crippen molar-refractivity contribution in [2.45, 2.75) is 26.2 Å². The lowest BCUT2D eigenvalue weighted by Crippen LogP contribution is -2.37. The van der Waals surface area contributed by atoms with Crippen LogP contribution >= 0.6 is 11.6 Å². The first-order valence-electron chi connectivity index (χ1n) is 6.64. The number of benzene rings is 2. The summed E-state index contributed by atoms with van der Waals surface area (Å²) < 4.78 is 13.0. The SMILES string of the molecule is C[Si](C)(C)c1ccc(CNc2ccc(F)cc2Cl)cc1. The molecule has 0 heterocycles. The summed E-state index contributed by atoms with van der Waals surface area (Å²) in [6, 6.07) is 13.1. The average Bonchev–Trinajstić information content (AvgIpc) is 2.37. The van der Waals surface area contributed by atoms with Gasteiger partial charge in [-0.3, -0.25) is 0 Å². The van der Waals surface area contributed by atoms with Crippen LogP contribution in [-0.2, 0) is 6.54 Å². The molecule has 0 fully saturated rings. The van der Waals surface area contributed by atoms with Crippen LogP contribution < -0.4 is 10.5 Å². The first-order chi connectivity index (χ1) is 9.36. The molecule has 1 nitrogen and oxygen atoms in total. The lowest BCUT2D eigenvalue weighted by molar-refractivity contribution is 0.628. The first kappa shape index (κ1) is 15.1. The lowest BCUT2D eigenvalue weighted by Gasteiger charge is -2.17. The fraction of sp³-hybridized carbons (Fsp3) is 0.250. The molecule has 0 atom stereocenters. The van der Waals surface area contributed by atoms with Crippen LogP contribution in [0.4, 0.5) is 10.1 Å². The largest absolute Gasteiger partial charge is 0.380 e. The van der Waals surface area contributed by atoms with E-state index < -0.39 is 8.07 Å². The Balaban J connectivity index is 2.04. The highest BCUT2D eigenvalue weighted by Gasteiger charge is 2.15. The van der Waals surface area contributed by atoms with Crippen molar-refractivity contribution >= 4 is 30.5 Å². The average molecular weight is 308 g/mol. The number of halogens is 2. The Kier molecular flexibility index (Phi) is 4.51. The first-order valence-corrected chi connectivity index (χ1v) is 10.5. The molecule has 0 spiro atoms. The van der Waals surface area contributed by atoms with Gasteiger partial charge in [-0.1, -0.05) is 60.7 Å². The van der Waals surface area contributed by atoms with Crippen LogP contribution in [0, 0.1) is 5.82 Å². The summed E-state index contributed by atoms with van der Waals surface area (Å²) in [4.78, 5) is 0. The summed E-state index contributed by atoms with van der Waals surface area (Å²) in [7, 11) is -1.24. The van der Waals surface area contributed by atoms with E-state index >= 15 is 0 Å². The van der Waals surface area contributed by atoms with Gasteiger partial charge in [-0.25, -0.2) is 4.39 Å². The van der Waals surface area contributed by atoms with Gasteiger partial charge in [0, 0.05) is 6.54 Å². The summed E-state index contributed by atoms with van der Waals surface area (Å²) in [6.45, 7) is 7.67. The molecule has 2 aromatic carbocycles. The third-order valence-corrected chi connectivity index (χ3v) is 5.61. The van der Waals surface area contributed by atoms with Gasteiger partial charge in [-0.05, 0) is 23.8 Å². The summed E-state index contributed by atoms with van der Waals surface area (Å²) in [5, 5.41) is 5.08. The Morgan fingerprint density at radius 2 is 1.70 bits per heavy atom. The standard InChI is InChI=1S/C16H19ClFNSi/c1-20(2,3)14-7-4-12(5-8-14)11-19-16-9-6-13(18)10-15(16)17/h4-10,19H,11H2,1-3H3. The van der Waals surface area contributed by atoms with Crippen LogP contribution in [0.5, 0.6) is 0 Å². The molecule has 0 saturated carbocycles. The van der Waals surface area contributed by atoms with Gasteiger partial charge in [0.2, 0.25) is 0 Å². The van der Waals surface area contributed by atoms with E-state index in [4.69, 9.17) is 11.6 Å². The fourth-order valence-electron chi connectivity index (χ4n) is 1.95. The van der Waals surface area contributed by atoms with E-state index in [1.54, 1.807) is 6.07 Å². The van der Waals surface area contributed by atoms with E-state index in [-0.39, 0.29) is 5.82 Å². The zero-order chi connectivity index (χ0) is 14.8. The number of nitrogens with one attached hydrogen (secondary N) is 1. The Labute approximate surface area is 125 Å². The third kappa shape index (κ3) is 3.84. The molecule has 2 aromatic rings. The molecule has 2 rings (SSSR count). The lowest BCUT2D eigenvalue weighted by atomic mass is 10.2. The van der Waals surface area contributed by atoms with Crippen molar-refractivity contribution in [3.05, 3.63) is 58.9 Å². The van der Waals surface area contributed by atoms with Crippen molar-refractivity contribution in [3.8, 4) is 0 Å². The van der Waals surface area contributed by atoms with Crippen molar-refractivity contribution in [1.29, 1.82) is 0 Å². The predicted octanol–water partition coefficient (Wildman–Crippen LogP) is 4.64. The van der Waals surface area contributed by atoms with Gasteiger partial charge in [0.15, 0.2) is 0 Å². The molecule has 0 aliphatic carbocycles. The second-order valence-corrected chi connectivity index (χ2v) is 11.4. The predicted molar refractivity (Wildman–Crippen MR) is 88.2 cm³/mol. The normalized spacial score (nSPS) is 11.4. The van der Waals surface area contributed by atoms with Crippen molar-refractivity contribution in [1.82, 2.24) is 0 Å². The Morgan fingerprint density at radius 1 is 1.05 bits per heavy atom. The van der Waals surface area contributed by atoms with Crippen molar-refractivity contribution < 1.29 is 4.39 Å². The van der Waals surface area contributed by atoms with Crippen LogP contribution in [-0.4, -0.2) is 8.07 Å². The van der Waals surface area contributed by atoms with Crippen molar-refractivity contribution in [2.24, 2.45) is 0 Å². The third-order valence-electron chi connectivity index (χ3n) is 3.23. The van der Waals surface area contributed by atoms with Gasteiger partial charge in [-0.15, -0.1) is 0 Å². The van der Waals surface area contributed by atoms with Crippen molar-refractivity contribution in [2.75, 3.05) is 5.32 Å². The highest BCUT2D eigenvalue weighted by Crippen LogP contribution is 2.22. The van der Waals surface area contributed by atoms with E-state index in [1.807, 2.05) is 0 Å². The Morgan fingerprint density at radius 3 is 2.25 bits per heavy atom. The summed E-state index contributed by atoms with van der Waals surface area (Å²) in [6.07, 6.45) is 0. The van der Waals surface area contributed by atoms with Crippen molar-refractivity contribution in [3.63, 3.8) is 0 Å². The monoisotopic (exact) mass is 307 g/mol. The maximum atomic E-state index is 13.0. The molecule has 1 N–H and O–H groups in total. The fourth-order valence-corrected chi connectivity index (χ4v) is 3.35. The topological polar surface area (TPSA) is 12.0 Å². The summed E-state index contributed by atoms with van der Waals surface area (Å²) in [5.41, 5.74) is 1.94. The van der Waals surface area contributed by atoms with Gasteiger partial charge in [0.05, 0.1) is 18.8 Å². The van der Waals surface area contributed by atoms with Gasteiger partial charge in [0.1, 0.15) is 5.82 Å². The maximum absolute atomic E-state index is 13.0. The van der Waals surface area contributed by atoms with Gasteiger partial charge < -0.3 is 5.32 Å². The molecular formula is C16H19ClFNSi. The number of hydrogen-bond acceptors (Lipinski definition) is 1. The molecular weight excluding hydrogens is 289 g/mol. The second kappa shape index (κ2) is 5.98. The smallest absolute Gasteiger partial charge is 0.124 e.